The number of fused-ring (bicyclic) bond motifs is 1. The van der Waals surface area contributed by atoms with Crippen molar-refractivity contribution in [1.29, 1.82) is 0 Å². The number of hydrogen-bond acceptors (Lipinski definition) is 5. The molecule has 23 heavy (non-hydrogen) atoms. The second-order valence-corrected chi connectivity index (χ2v) is 8.10. The predicted molar refractivity (Wildman–Crippen MR) is 86.2 cm³/mol. The molecule has 0 radical (unpaired) electrons. The number of methoxy groups -OCH3 is 1. The van der Waals surface area contributed by atoms with E-state index in [0.29, 0.717) is 24.3 Å². The normalized spacial score (nSPS) is 19.8. The summed E-state index contributed by atoms with van der Waals surface area (Å²) in [4.78, 5) is 12.1. The summed E-state index contributed by atoms with van der Waals surface area (Å²) in [5.41, 5.74) is 1.48. The molecule has 0 bridgehead atoms. The van der Waals surface area contributed by atoms with Crippen molar-refractivity contribution in [2.24, 2.45) is 5.92 Å². The van der Waals surface area contributed by atoms with Crippen LogP contribution in [0.2, 0.25) is 0 Å². The van der Waals surface area contributed by atoms with Crippen LogP contribution in [0.4, 0.5) is 0 Å². The van der Waals surface area contributed by atoms with Crippen molar-refractivity contribution in [3.8, 4) is 5.75 Å². The minimum atomic E-state index is -2.91. The molecule has 3 rings (SSSR count). The molecule has 1 amide bonds. The van der Waals surface area contributed by atoms with Crippen molar-refractivity contribution in [2.45, 2.75) is 12.8 Å². The molecule has 1 atom stereocenters. The van der Waals surface area contributed by atoms with Gasteiger partial charge in [0.15, 0.2) is 9.84 Å². The number of carbonyl (C=O) groups excluding carboxylic acids is 1. The van der Waals surface area contributed by atoms with E-state index >= 15 is 0 Å². The van der Waals surface area contributed by atoms with Crippen molar-refractivity contribution in [3.05, 3.63) is 30.0 Å². The van der Waals surface area contributed by atoms with E-state index < -0.39 is 9.84 Å². The van der Waals surface area contributed by atoms with Crippen LogP contribution in [0.1, 0.15) is 12.0 Å². The summed E-state index contributed by atoms with van der Waals surface area (Å²) in [6.45, 7) is 0.404. The van der Waals surface area contributed by atoms with Crippen molar-refractivity contribution in [3.63, 3.8) is 0 Å². The number of hydrogen-bond donors (Lipinski definition) is 1. The summed E-state index contributed by atoms with van der Waals surface area (Å²) in [5.74, 6) is 0.983. The summed E-state index contributed by atoms with van der Waals surface area (Å²) in [7, 11) is -1.32. The van der Waals surface area contributed by atoms with E-state index in [1.807, 2.05) is 12.1 Å². The van der Waals surface area contributed by atoms with Gasteiger partial charge in [0.05, 0.1) is 31.3 Å². The average molecular weight is 337 g/mol. The molecular weight excluding hydrogens is 318 g/mol. The van der Waals surface area contributed by atoms with Gasteiger partial charge in [-0.25, -0.2) is 8.42 Å². The Bertz CT molecular complexity index is 824. The molecule has 1 N–H and O–H groups in total. The number of rotatable bonds is 5. The molecule has 1 unspecified atom stereocenters. The maximum atomic E-state index is 12.1. The van der Waals surface area contributed by atoms with Crippen LogP contribution in [0.25, 0.3) is 11.0 Å². The number of ether oxygens (including phenoxy) is 1. The molecule has 124 valence electrons. The fourth-order valence-electron chi connectivity index (χ4n) is 2.85. The molecular formula is C16H19NO5S. The summed E-state index contributed by atoms with van der Waals surface area (Å²) in [6, 6.07) is 5.46. The van der Waals surface area contributed by atoms with Crippen LogP contribution >= 0.6 is 0 Å². The largest absolute Gasteiger partial charge is 0.497 e. The summed E-state index contributed by atoms with van der Waals surface area (Å²) >= 11 is 0. The minimum Gasteiger partial charge on any atom is -0.497 e. The molecule has 1 aromatic carbocycles. The molecule has 0 aliphatic carbocycles. The highest BCUT2D eigenvalue weighted by Crippen LogP contribution is 2.26. The number of benzene rings is 1. The Kier molecular flexibility index (Phi) is 4.30. The highest BCUT2D eigenvalue weighted by atomic mass is 32.2. The van der Waals surface area contributed by atoms with E-state index in [0.717, 1.165) is 10.9 Å². The first-order valence-corrected chi connectivity index (χ1v) is 9.30. The van der Waals surface area contributed by atoms with Crippen LogP contribution in [0.3, 0.4) is 0 Å². The summed E-state index contributed by atoms with van der Waals surface area (Å²) in [6.07, 6.45) is 2.40. The van der Waals surface area contributed by atoms with Crippen LogP contribution in [0, 0.1) is 5.92 Å². The molecule has 6 nitrogen and oxygen atoms in total. The van der Waals surface area contributed by atoms with Gasteiger partial charge >= 0.3 is 0 Å². The first-order chi connectivity index (χ1) is 11.0. The van der Waals surface area contributed by atoms with E-state index in [4.69, 9.17) is 9.15 Å². The molecule has 0 spiro atoms. The molecule has 1 fully saturated rings. The lowest BCUT2D eigenvalue weighted by Crippen LogP contribution is -2.30. The van der Waals surface area contributed by atoms with Gasteiger partial charge in [-0.3, -0.25) is 4.79 Å². The first-order valence-electron chi connectivity index (χ1n) is 7.48. The molecule has 1 aliphatic rings. The van der Waals surface area contributed by atoms with Crippen molar-refractivity contribution < 1.29 is 22.4 Å². The van der Waals surface area contributed by atoms with Gasteiger partial charge < -0.3 is 14.5 Å². The number of sulfone groups is 1. The first kappa shape index (κ1) is 15.9. The second-order valence-electron chi connectivity index (χ2n) is 5.87. The summed E-state index contributed by atoms with van der Waals surface area (Å²) in [5, 5.41) is 3.70. The Balaban J connectivity index is 1.60. The topological polar surface area (TPSA) is 85.6 Å². The van der Waals surface area contributed by atoms with Gasteiger partial charge in [0, 0.05) is 23.6 Å². The molecule has 7 heteroatoms. The summed E-state index contributed by atoms with van der Waals surface area (Å²) < 4.78 is 33.4. The zero-order valence-electron chi connectivity index (χ0n) is 12.9. The lowest BCUT2D eigenvalue weighted by Gasteiger charge is -2.09. The number of amides is 1. The third-order valence-electron chi connectivity index (χ3n) is 4.13. The van der Waals surface area contributed by atoms with Crippen molar-refractivity contribution >= 4 is 26.7 Å². The van der Waals surface area contributed by atoms with Crippen molar-refractivity contribution in [1.82, 2.24) is 5.32 Å². The predicted octanol–water partition coefficient (Wildman–Crippen LogP) is 1.53. The Morgan fingerprint density at radius 3 is 2.96 bits per heavy atom. The molecule has 1 saturated heterocycles. The van der Waals surface area contributed by atoms with Gasteiger partial charge in [-0.2, -0.15) is 0 Å². The highest BCUT2D eigenvalue weighted by molar-refractivity contribution is 7.91. The van der Waals surface area contributed by atoms with Crippen LogP contribution in [0.5, 0.6) is 5.75 Å². The molecule has 1 aromatic heterocycles. The maximum absolute atomic E-state index is 12.1. The van der Waals surface area contributed by atoms with E-state index in [2.05, 4.69) is 5.32 Å². The Labute approximate surface area is 134 Å². The van der Waals surface area contributed by atoms with E-state index in [-0.39, 0.29) is 29.8 Å². The SMILES string of the molecule is COc1ccc2c(CC(=O)NCC3CCS(=O)(=O)C3)coc2c1. The highest BCUT2D eigenvalue weighted by Gasteiger charge is 2.27. The third-order valence-corrected chi connectivity index (χ3v) is 5.97. The maximum Gasteiger partial charge on any atom is 0.224 e. The van der Waals surface area contributed by atoms with E-state index in [9.17, 15) is 13.2 Å². The number of nitrogens with one attached hydrogen (secondary N) is 1. The fraction of sp³-hybridized carbons (Fsp3) is 0.438. The van der Waals surface area contributed by atoms with E-state index in [1.165, 1.54) is 0 Å². The molecule has 2 aromatic rings. The third kappa shape index (κ3) is 3.67. The van der Waals surface area contributed by atoms with Gasteiger partial charge in [-0.1, -0.05) is 0 Å². The number of carbonyl (C=O) groups is 1. The van der Waals surface area contributed by atoms with Gasteiger partial charge in [-0.15, -0.1) is 0 Å². The standard InChI is InChI=1S/C16H19NO5S/c1-21-13-2-3-14-12(9-22-15(14)7-13)6-16(18)17-8-11-4-5-23(19,20)10-11/h2-3,7,9,11H,4-6,8,10H2,1H3,(H,17,18). The fourth-order valence-corrected chi connectivity index (χ4v) is 4.72. The smallest absolute Gasteiger partial charge is 0.224 e. The van der Waals surface area contributed by atoms with Crippen LogP contribution in [-0.2, 0) is 21.1 Å². The zero-order valence-corrected chi connectivity index (χ0v) is 13.7. The molecule has 2 heterocycles. The average Bonchev–Trinajstić information content (AvgIpc) is 3.08. The monoisotopic (exact) mass is 337 g/mol. The molecule has 0 saturated carbocycles. The Morgan fingerprint density at radius 1 is 1.43 bits per heavy atom. The van der Waals surface area contributed by atoms with Gasteiger partial charge in [0.1, 0.15) is 11.3 Å². The van der Waals surface area contributed by atoms with Crippen LogP contribution in [-0.4, -0.2) is 39.5 Å². The zero-order chi connectivity index (χ0) is 16.4. The van der Waals surface area contributed by atoms with Crippen LogP contribution in [0.15, 0.2) is 28.9 Å². The Hall–Kier alpha value is -2.02. The molecule has 1 aliphatic heterocycles. The van der Waals surface area contributed by atoms with Gasteiger partial charge in [0.25, 0.3) is 0 Å². The minimum absolute atomic E-state index is 0.0225. The Morgan fingerprint density at radius 2 is 2.26 bits per heavy atom. The van der Waals surface area contributed by atoms with Gasteiger partial charge in [-0.05, 0) is 24.5 Å². The number of furan rings is 1. The van der Waals surface area contributed by atoms with Crippen molar-refractivity contribution in [2.75, 3.05) is 25.2 Å². The lowest BCUT2D eigenvalue weighted by molar-refractivity contribution is -0.120. The van der Waals surface area contributed by atoms with Crippen LogP contribution < -0.4 is 10.1 Å². The lowest BCUT2D eigenvalue weighted by atomic mass is 10.1. The second kappa shape index (κ2) is 6.23. The van der Waals surface area contributed by atoms with E-state index in [1.54, 1.807) is 19.4 Å². The quantitative estimate of drug-likeness (QED) is 0.894. The van der Waals surface area contributed by atoms with Gasteiger partial charge in [0.2, 0.25) is 5.91 Å².